The third-order valence-electron chi connectivity index (χ3n) is 5.68. The van der Waals surface area contributed by atoms with E-state index >= 15 is 0 Å². The molecule has 2 aromatic carbocycles. The highest BCUT2D eigenvalue weighted by atomic mass is 19.4. The highest BCUT2D eigenvalue weighted by molar-refractivity contribution is 6.05. The first-order valence-electron chi connectivity index (χ1n) is 13.3. The molecule has 3 N–H and O–H groups in total. The number of aromatic amines is 1. The quantitative estimate of drug-likeness (QED) is 0.282. The molecule has 0 aliphatic heterocycles. The van der Waals surface area contributed by atoms with E-state index in [-0.39, 0.29) is 28.8 Å². The Morgan fingerprint density at radius 1 is 1.03 bits per heavy atom. The number of methoxy groups -OCH3 is 1. The number of aromatic nitrogens is 3. The van der Waals surface area contributed by atoms with E-state index < -0.39 is 37.0 Å². The van der Waals surface area contributed by atoms with Gasteiger partial charge >= 0.3 is 6.36 Å². The predicted molar refractivity (Wildman–Crippen MR) is 137 cm³/mol. The van der Waals surface area contributed by atoms with Crippen molar-refractivity contribution in [2.75, 3.05) is 7.04 Å². The first-order valence-corrected chi connectivity index (χ1v) is 11.8. The molecular weight excluding hydrogens is 515 g/mol. The van der Waals surface area contributed by atoms with E-state index in [0.717, 1.165) is 6.07 Å². The van der Waals surface area contributed by atoms with Gasteiger partial charge in [-0.05, 0) is 50.6 Å². The fourth-order valence-electron chi connectivity index (χ4n) is 3.96. The van der Waals surface area contributed by atoms with E-state index in [4.69, 9.17) is 8.85 Å². The number of nitrogens with one attached hydrogen (secondary N) is 3. The first-order chi connectivity index (χ1) is 19.6. The Morgan fingerprint density at radius 3 is 2.51 bits per heavy atom. The summed E-state index contributed by atoms with van der Waals surface area (Å²) >= 11 is 0. The van der Waals surface area contributed by atoms with Crippen LogP contribution < -0.4 is 20.1 Å². The van der Waals surface area contributed by atoms with Crippen LogP contribution in [0.1, 0.15) is 57.3 Å². The second-order valence-electron chi connectivity index (χ2n) is 8.92. The van der Waals surface area contributed by atoms with Gasteiger partial charge in [-0.15, -0.1) is 13.2 Å². The Hall–Kier alpha value is -4.61. The summed E-state index contributed by atoms with van der Waals surface area (Å²) < 4.78 is 70.1. The van der Waals surface area contributed by atoms with E-state index in [0.29, 0.717) is 22.0 Å². The summed E-state index contributed by atoms with van der Waals surface area (Å²) in [4.78, 5) is 29.9. The van der Waals surface area contributed by atoms with Crippen molar-refractivity contribution in [3.05, 3.63) is 71.5 Å². The molecule has 0 saturated heterocycles. The van der Waals surface area contributed by atoms with Crippen molar-refractivity contribution in [2.24, 2.45) is 0 Å². The zero-order valence-electron chi connectivity index (χ0n) is 24.0. The maximum Gasteiger partial charge on any atom is 0.573 e. The SMILES string of the molecule is [2H]C([2H])([2H])Oc1ncc(-c2ccc3c(C(=O)NC(C)C)n[nH]c3c2)cc1C(=O)NC(C)c1ccccc1OC(F)(F)F. The summed E-state index contributed by atoms with van der Waals surface area (Å²) in [5.74, 6) is -2.21. The molecule has 1 atom stereocenters. The smallest absolute Gasteiger partial charge is 0.480 e. The zero-order chi connectivity index (χ0) is 30.8. The summed E-state index contributed by atoms with van der Waals surface area (Å²) in [5.41, 5.74) is 1.41. The second kappa shape index (κ2) is 11.0. The molecule has 204 valence electrons. The van der Waals surface area contributed by atoms with Crippen LogP contribution in [0.4, 0.5) is 13.2 Å². The van der Waals surface area contributed by atoms with Gasteiger partial charge in [-0.25, -0.2) is 4.98 Å². The lowest BCUT2D eigenvalue weighted by Crippen LogP contribution is -2.30. The molecule has 4 aromatic rings. The van der Waals surface area contributed by atoms with Gasteiger partial charge in [0, 0.05) is 28.8 Å². The molecule has 0 aliphatic carbocycles. The number of H-pyrrole nitrogens is 1. The Kier molecular flexibility index (Phi) is 6.64. The fraction of sp³-hybridized carbons (Fsp3) is 0.259. The summed E-state index contributed by atoms with van der Waals surface area (Å²) in [7, 11) is -2.94. The number of halogens is 3. The molecule has 0 aliphatic rings. The first kappa shape index (κ1) is 23.5. The number of pyridine rings is 1. The average molecular weight is 545 g/mol. The van der Waals surface area contributed by atoms with Gasteiger partial charge in [0.2, 0.25) is 5.88 Å². The monoisotopic (exact) mass is 544 g/mol. The molecule has 0 bridgehead atoms. The van der Waals surface area contributed by atoms with Crippen LogP contribution in [-0.2, 0) is 0 Å². The minimum atomic E-state index is -4.95. The van der Waals surface area contributed by atoms with Gasteiger partial charge < -0.3 is 20.1 Å². The van der Waals surface area contributed by atoms with Gasteiger partial charge in [0.05, 0.1) is 22.7 Å². The molecule has 1 unspecified atom stereocenters. The van der Waals surface area contributed by atoms with Gasteiger partial charge in [0.25, 0.3) is 11.8 Å². The maximum absolute atomic E-state index is 13.4. The van der Waals surface area contributed by atoms with Crippen molar-refractivity contribution in [2.45, 2.75) is 39.2 Å². The Morgan fingerprint density at radius 2 is 1.79 bits per heavy atom. The van der Waals surface area contributed by atoms with Crippen molar-refractivity contribution >= 4 is 22.7 Å². The van der Waals surface area contributed by atoms with Gasteiger partial charge in [0.1, 0.15) is 11.3 Å². The standard InChI is InChI=1S/C27H26F3N5O4/c1-14(2)32-25(37)23-19-10-9-16(12-21(19)34-35-23)17-11-20(26(38-4)31-13-17)24(36)33-15(3)18-7-5-6-8-22(18)39-27(28,29)30/h5-15H,1-4H3,(H,32,37)(H,33,36)(H,34,35)/i4D3. The molecule has 0 fully saturated rings. The molecule has 2 amide bonds. The largest absolute Gasteiger partial charge is 0.573 e. The third-order valence-corrected chi connectivity index (χ3v) is 5.68. The molecule has 0 saturated carbocycles. The van der Waals surface area contributed by atoms with Crippen LogP contribution in [-0.4, -0.2) is 46.4 Å². The van der Waals surface area contributed by atoms with Crippen molar-refractivity contribution in [1.82, 2.24) is 25.8 Å². The summed E-state index contributed by atoms with van der Waals surface area (Å²) in [6.07, 6.45) is -3.65. The van der Waals surface area contributed by atoms with Crippen LogP contribution >= 0.6 is 0 Å². The molecule has 4 rings (SSSR count). The van der Waals surface area contributed by atoms with Crippen molar-refractivity contribution in [3.63, 3.8) is 0 Å². The fourth-order valence-corrected chi connectivity index (χ4v) is 3.96. The van der Waals surface area contributed by atoms with E-state index in [1.807, 2.05) is 13.8 Å². The average Bonchev–Trinajstić information content (AvgIpc) is 3.30. The number of alkyl halides is 3. The lowest BCUT2D eigenvalue weighted by Gasteiger charge is -2.19. The normalized spacial score (nSPS) is 13.8. The number of carbonyl (C=O) groups excluding carboxylic acids is 2. The lowest BCUT2D eigenvalue weighted by atomic mass is 10.0. The number of benzene rings is 2. The number of carbonyl (C=O) groups is 2. The highest BCUT2D eigenvalue weighted by Crippen LogP contribution is 2.32. The molecule has 2 aromatic heterocycles. The van der Waals surface area contributed by atoms with Gasteiger partial charge in [-0.2, -0.15) is 5.10 Å². The molecule has 9 nitrogen and oxygen atoms in total. The molecule has 39 heavy (non-hydrogen) atoms. The van der Waals surface area contributed by atoms with E-state index in [9.17, 15) is 22.8 Å². The number of rotatable bonds is 8. The molecule has 0 spiro atoms. The Labute approximate surface area is 225 Å². The Bertz CT molecular complexity index is 1620. The third kappa shape index (κ3) is 6.28. The van der Waals surface area contributed by atoms with Crippen LogP contribution in [0, 0.1) is 0 Å². The van der Waals surface area contributed by atoms with Crippen LogP contribution in [0.15, 0.2) is 54.7 Å². The zero-order valence-corrected chi connectivity index (χ0v) is 21.0. The van der Waals surface area contributed by atoms with Crippen molar-refractivity contribution < 1.29 is 36.3 Å². The van der Waals surface area contributed by atoms with Crippen molar-refractivity contribution in [3.8, 4) is 22.8 Å². The number of fused-ring (bicyclic) bond motifs is 1. The van der Waals surface area contributed by atoms with Gasteiger partial charge in [-0.3, -0.25) is 14.7 Å². The second-order valence-corrected chi connectivity index (χ2v) is 8.92. The van der Waals surface area contributed by atoms with Gasteiger partial charge in [0.15, 0.2) is 5.69 Å². The van der Waals surface area contributed by atoms with Crippen molar-refractivity contribution in [1.29, 1.82) is 0 Å². The van der Waals surface area contributed by atoms with Crippen LogP contribution in [0.25, 0.3) is 22.0 Å². The topological polar surface area (TPSA) is 118 Å². The minimum absolute atomic E-state index is 0.0348. The summed E-state index contributed by atoms with van der Waals surface area (Å²) in [6, 6.07) is 10.6. The molecule has 12 heteroatoms. The number of nitrogens with zero attached hydrogens (tertiary/aromatic N) is 2. The maximum atomic E-state index is 13.4. The lowest BCUT2D eigenvalue weighted by molar-refractivity contribution is -0.275. The minimum Gasteiger partial charge on any atom is -0.480 e. The number of ether oxygens (including phenoxy) is 2. The highest BCUT2D eigenvalue weighted by Gasteiger charge is 2.33. The molecular formula is C27H26F3N5O4. The molecule has 2 heterocycles. The van der Waals surface area contributed by atoms with Crippen LogP contribution in [0.2, 0.25) is 0 Å². The van der Waals surface area contributed by atoms with E-state index in [1.165, 1.54) is 37.4 Å². The van der Waals surface area contributed by atoms with E-state index in [2.05, 4.69) is 30.6 Å². The number of hydrogen-bond donors (Lipinski definition) is 3. The van der Waals surface area contributed by atoms with Crippen LogP contribution in [0.5, 0.6) is 11.6 Å². The Balaban J connectivity index is 1.68. The molecule has 0 radical (unpaired) electrons. The number of para-hydroxylation sites is 1. The van der Waals surface area contributed by atoms with Crippen LogP contribution in [0.3, 0.4) is 0 Å². The number of amides is 2. The number of hydrogen-bond acceptors (Lipinski definition) is 6. The summed E-state index contributed by atoms with van der Waals surface area (Å²) in [6.45, 7) is 5.08. The predicted octanol–water partition coefficient (Wildman–Crippen LogP) is 5.16. The summed E-state index contributed by atoms with van der Waals surface area (Å²) in [5, 5.41) is 12.8. The van der Waals surface area contributed by atoms with Gasteiger partial charge in [-0.1, -0.05) is 24.3 Å². The van der Waals surface area contributed by atoms with E-state index in [1.54, 1.807) is 18.2 Å².